The van der Waals surface area contributed by atoms with Crippen molar-refractivity contribution in [3.63, 3.8) is 0 Å². The summed E-state index contributed by atoms with van der Waals surface area (Å²) in [5.41, 5.74) is 0. The molecule has 0 amide bonds. The minimum atomic E-state index is 0.849. The average Bonchev–Trinajstić information content (AvgIpc) is 2.61. The van der Waals surface area contributed by atoms with Gasteiger partial charge in [-0.3, -0.25) is 0 Å². The summed E-state index contributed by atoms with van der Waals surface area (Å²) in [5, 5.41) is 4.20. The maximum atomic E-state index is 4.25. The predicted octanol–water partition coefficient (Wildman–Crippen LogP) is 1.99. The molecule has 0 atom stereocenters. The Morgan fingerprint density at radius 3 is 2.80 bits per heavy atom. The molecule has 1 aromatic rings. The van der Waals surface area contributed by atoms with Crippen molar-refractivity contribution in [3.05, 3.63) is 5.82 Å². The third kappa shape index (κ3) is 5.09. The van der Waals surface area contributed by atoms with Gasteiger partial charge in [-0.1, -0.05) is 13.3 Å². The van der Waals surface area contributed by atoms with E-state index in [1.165, 1.54) is 30.9 Å². The van der Waals surface area contributed by atoms with Gasteiger partial charge in [0.1, 0.15) is 5.82 Å². The van der Waals surface area contributed by atoms with Crippen molar-refractivity contribution in [2.45, 2.75) is 26.7 Å². The third-order valence-corrected chi connectivity index (χ3v) is 2.95. The monoisotopic (exact) mass is 228 g/mol. The molecule has 0 radical (unpaired) electrons. The number of unbranched alkanes of at least 4 members (excludes halogenated alkanes) is 1. The van der Waals surface area contributed by atoms with Gasteiger partial charge >= 0.3 is 0 Å². The summed E-state index contributed by atoms with van der Waals surface area (Å²) in [6.45, 7) is 7.30. The molecule has 1 rings (SSSR count). The number of anilines is 1. The number of nitrogens with zero attached hydrogens (tertiary/aromatic N) is 3. The molecule has 5 heteroatoms. The van der Waals surface area contributed by atoms with Gasteiger partial charge in [0.25, 0.3) is 0 Å². The zero-order chi connectivity index (χ0) is 11.1. The molecule has 0 unspecified atom stereocenters. The SMILES string of the molecule is CCCCN(C)CCNc1nc(C)ns1. The minimum absolute atomic E-state index is 0.849. The molecule has 86 valence electrons. The second-order valence-corrected chi connectivity index (χ2v) is 4.48. The first kappa shape index (κ1) is 12.4. The van der Waals surface area contributed by atoms with Crippen LogP contribution in [0.5, 0.6) is 0 Å². The highest BCUT2D eigenvalue weighted by Crippen LogP contribution is 2.09. The van der Waals surface area contributed by atoms with E-state index in [4.69, 9.17) is 0 Å². The van der Waals surface area contributed by atoms with Crippen LogP contribution in [0.2, 0.25) is 0 Å². The number of likely N-dealkylation sites (N-methyl/N-ethyl adjacent to an activating group) is 1. The second kappa shape index (κ2) is 6.74. The highest BCUT2D eigenvalue weighted by Gasteiger charge is 2.00. The molecule has 4 nitrogen and oxygen atoms in total. The molecule has 0 fully saturated rings. The fourth-order valence-corrected chi connectivity index (χ4v) is 1.86. The van der Waals surface area contributed by atoms with E-state index in [0.29, 0.717) is 0 Å². The number of nitrogens with one attached hydrogen (secondary N) is 1. The van der Waals surface area contributed by atoms with E-state index >= 15 is 0 Å². The summed E-state index contributed by atoms with van der Waals surface area (Å²) in [4.78, 5) is 6.59. The Balaban J connectivity index is 2.10. The highest BCUT2D eigenvalue weighted by molar-refractivity contribution is 7.09. The van der Waals surface area contributed by atoms with Gasteiger partial charge in [-0.2, -0.15) is 4.37 Å². The number of rotatable bonds is 7. The highest BCUT2D eigenvalue weighted by atomic mass is 32.1. The zero-order valence-corrected chi connectivity index (χ0v) is 10.6. The molecule has 0 aliphatic carbocycles. The number of hydrogen-bond donors (Lipinski definition) is 1. The molecule has 0 saturated heterocycles. The van der Waals surface area contributed by atoms with Gasteiger partial charge < -0.3 is 10.2 Å². The summed E-state index contributed by atoms with van der Waals surface area (Å²) in [6, 6.07) is 0. The van der Waals surface area contributed by atoms with Crippen LogP contribution in [0.3, 0.4) is 0 Å². The van der Waals surface area contributed by atoms with Crippen LogP contribution in [-0.4, -0.2) is 40.9 Å². The van der Waals surface area contributed by atoms with Gasteiger partial charge in [0.15, 0.2) is 0 Å². The maximum Gasteiger partial charge on any atom is 0.202 e. The quantitative estimate of drug-likeness (QED) is 0.775. The molecule has 0 saturated carbocycles. The lowest BCUT2D eigenvalue weighted by Crippen LogP contribution is -2.26. The lowest BCUT2D eigenvalue weighted by atomic mass is 10.3. The van der Waals surface area contributed by atoms with Crippen LogP contribution in [0.1, 0.15) is 25.6 Å². The first-order chi connectivity index (χ1) is 7.22. The van der Waals surface area contributed by atoms with E-state index in [0.717, 1.165) is 24.0 Å². The van der Waals surface area contributed by atoms with Gasteiger partial charge in [-0.15, -0.1) is 0 Å². The van der Waals surface area contributed by atoms with Crippen LogP contribution < -0.4 is 5.32 Å². The standard InChI is InChI=1S/C10H20N4S/c1-4-5-7-14(3)8-6-11-10-12-9(2)13-15-10/h4-8H2,1-3H3,(H,11,12,13). The average molecular weight is 228 g/mol. The topological polar surface area (TPSA) is 41.0 Å². The Labute approximate surface area is 95.9 Å². The molecule has 15 heavy (non-hydrogen) atoms. The van der Waals surface area contributed by atoms with Crippen molar-refractivity contribution in [2.24, 2.45) is 0 Å². The van der Waals surface area contributed by atoms with E-state index in [1.807, 2.05) is 6.92 Å². The van der Waals surface area contributed by atoms with Crippen molar-refractivity contribution in [1.82, 2.24) is 14.3 Å². The summed E-state index contributed by atoms with van der Waals surface area (Å²) >= 11 is 1.43. The Morgan fingerprint density at radius 1 is 1.40 bits per heavy atom. The number of hydrogen-bond acceptors (Lipinski definition) is 5. The van der Waals surface area contributed by atoms with Gasteiger partial charge in [-0.25, -0.2) is 4.98 Å². The zero-order valence-electron chi connectivity index (χ0n) is 9.79. The van der Waals surface area contributed by atoms with Crippen LogP contribution in [0.4, 0.5) is 5.13 Å². The van der Waals surface area contributed by atoms with Crippen molar-refractivity contribution in [2.75, 3.05) is 32.0 Å². The fourth-order valence-electron chi connectivity index (χ4n) is 1.26. The number of aryl methyl sites for hydroxylation is 1. The minimum Gasteiger partial charge on any atom is -0.359 e. The van der Waals surface area contributed by atoms with Crippen LogP contribution in [-0.2, 0) is 0 Å². The summed E-state index contributed by atoms with van der Waals surface area (Å²) in [7, 11) is 2.16. The van der Waals surface area contributed by atoms with E-state index in [9.17, 15) is 0 Å². The maximum absolute atomic E-state index is 4.25. The first-order valence-electron chi connectivity index (χ1n) is 5.45. The summed E-state index contributed by atoms with van der Waals surface area (Å²) in [6.07, 6.45) is 2.53. The Kier molecular flexibility index (Phi) is 5.57. The van der Waals surface area contributed by atoms with Gasteiger partial charge in [0, 0.05) is 24.6 Å². The molecule has 1 heterocycles. The molecular formula is C10H20N4S. The van der Waals surface area contributed by atoms with Crippen molar-refractivity contribution >= 4 is 16.7 Å². The first-order valence-corrected chi connectivity index (χ1v) is 6.22. The van der Waals surface area contributed by atoms with Gasteiger partial charge in [0.2, 0.25) is 5.13 Å². The van der Waals surface area contributed by atoms with Crippen LogP contribution in [0, 0.1) is 6.92 Å². The largest absolute Gasteiger partial charge is 0.359 e. The van der Waals surface area contributed by atoms with Gasteiger partial charge in [-0.05, 0) is 26.9 Å². The summed E-state index contributed by atoms with van der Waals surface area (Å²) in [5.74, 6) is 0.849. The summed E-state index contributed by atoms with van der Waals surface area (Å²) < 4.78 is 4.12. The molecule has 1 N–H and O–H groups in total. The van der Waals surface area contributed by atoms with E-state index in [2.05, 4.69) is 33.5 Å². The van der Waals surface area contributed by atoms with Gasteiger partial charge in [0.05, 0.1) is 0 Å². The second-order valence-electron chi connectivity index (χ2n) is 3.73. The van der Waals surface area contributed by atoms with E-state index in [-0.39, 0.29) is 0 Å². The molecular weight excluding hydrogens is 208 g/mol. The number of aromatic nitrogens is 2. The molecule has 0 aliphatic rings. The molecule has 0 aliphatic heterocycles. The normalized spacial score (nSPS) is 10.9. The lowest BCUT2D eigenvalue weighted by Gasteiger charge is -2.15. The fraction of sp³-hybridized carbons (Fsp3) is 0.800. The Hall–Kier alpha value is -0.680. The Bertz CT molecular complexity index is 274. The van der Waals surface area contributed by atoms with Crippen LogP contribution >= 0.6 is 11.5 Å². The predicted molar refractivity (Wildman–Crippen MR) is 65.5 cm³/mol. The van der Waals surface area contributed by atoms with Crippen molar-refractivity contribution < 1.29 is 0 Å². The molecule has 0 bridgehead atoms. The third-order valence-electron chi connectivity index (χ3n) is 2.19. The van der Waals surface area contributed by atoms with Crippen molar-refractivity contribution in [3.8, 4) is 0 Å². The molecule has 1 aromatic heterocycles. The smallest absolute Gasteiger partial charge is 0.202 e. The lowest BCUT2D eigenvalue weighted by molar-refractivity contribution is 0.340. The molecule has 0 spiro atoms. The Morgan fingerprint density at radius 2 is 2.20 bits per heavy atom. The van der Waals surface area contributed by atoms with Crippen molar-refractivity contribution in [1.29, 1.82) is 0 Å². The van der Waals surface area contributed by atoms with Crippen LogP contribution in [0.25, 0.3) is 0 Å². The van der Waals surface area contributed by atoms with E-state index in [1.54, 1.807) is 0 Å². The molecule has 0 aromatic carbocycles. The van der Waals surface area contributed by atoms with E-state index < -0.39 is 0 Å². The van der Waals surface area contributed by atoms with Crippen LogP contribution in [0.15, 0.2) is 0 Å².